The molecule has 3 rings (SSSR count). The Kier molecular flexibility index (Phi) is 5.47. The molecule has 3 heteroatoms. The van der Waals surface area contributed by atoms with E-state index in [-0.39, 0.29) is 18.1 Å². The molecule has 25 heavy (non-hydrogen) atoms. The van der Waals surface area contributed by atoms with Gasteiger partial charge in [0.25, 0.3) is 0 Å². The summed E-state index contributed by atoms with van der Waals surface area (Å²) in [5.74, 6) is -0.316. The van der Waals surface area contributed by atoms with Gasteiger partial charge in [-0.25, -0.2) is 4.79 Å². The Bertz CT molecular complexity index is 788. The van der Waals surface area contributed by atoms with Crippen LogP contribution in [0.4, 0.5) is 5.69 Å². The third-order valence-corrected chi connectivity index (χ3v) is 4.03. The van der Waals surface area contributed by atoms with Crippen molar-refractivity contribution in [2.24, 2.45) is 0 Å². The van der Waals surface area contributed by atoms with E-state index in [2.05, 4.69) is 5.32 Å². The van der Waals surface area contributed by atoms with E-state index in [9.17, 15) is 4.79 Å². The van der Waals surface area contributed by atoms with Crippen molar-refractivity contribution in [1.29, 1.82) is 0 Å². The molecular formula is C22H21NO2. The van der Waals surface area contributed by atoms with Crippen LogP contribution < -0.4 is 5.32 Å². The third kappa shape index (κ3) is 4.48. The number of rotatable bonds is 6. The molecular weight excluding hydrogens is 310 g/mol. The summed E-state index contributed by atoms with van der Waals surface area (Å²) < 4.78 is 5.72. The van der Waals surface area contributed by atoms with E-state index >= 15 is 0 Å². The first-order valence-corrected chi connectivity index (χ1v) is 8.36. The van der Waals surface area contributed by atoms with E-state index in [0.717, 1.165) is 11.3 Å². The molecule has 0 saturated carbocycles. The largest absolute Gasteiger partial charge is 0.457 e. The van der Waals surface area contributed by atoms with E-state index in [1.165, 1.54) is 0 Å². The summed E-state index contributed by atoms with van der Waals surface area (Å²) in [6.07, 6.45) is -0.338. The molecule has 0 aromatic heterocycles. The van der Waals surface area contributed by atoms with Gasteiger partial charge in [-0.2, -0.15) is 0 Å². The number of carbonyl (C=O) groups excluding carboxylic acids is 1. The number of anilines is 1. The lowest BCUT2D eigenvalue weighted by molar-refractivity contribution is 0.0300. The van der Waals surface area contributed by atoms with Crippen LogP contribution in [0.3, 0.4) is 0 Å². The SMILES string of the molecule is CC(OC(=O)c1ccccc1)C(Nc1ccccc1)c1ccccc1. The minimum Gasteiger partial charge on any atom is -0.457 e. The van der Waals surface area contributed by atoms with Crippen LogP contribution >= 0.6 is 0 Å². The van der Waals surface area contributed by atoms with E-state index < -0.39 is 0 Å². The minimum atomic E-state index is -0.338. The van der Waals surface area contributed by atoms with Crippen LogP contribution in [0.1, 0.15) is 28.9 Å². The summed E-state index contributed by atoms with van der Waals surface area (Å²) in [4.78, 5) is 12.4. The first kappa shape index (κ1) is 16.8. The second-order valence-electron chi connectivity index (χ2n) is 5.88. The van der Waals surface area contributed by atoms with Crippen LogP contribution in [-0.4, -0.2) is 12.1 Å². The number of benzene rings is 3. The zero-order chi connectivity index (χ0) is 17.5. The number of esters is 1. The summed E-state index contributed by atoms with van der Waals surface area (Å²) in [6, 6.07) is 28.9. The predicted octanol–water partition coefficient (Wildman–Crippen LogP) is 5.09. The van der Waals surface area contributed by atoms with Crippen molar-refractivity contribution in [2.45, 2.75) is 19.1 Å². The van der Waals surface area contributed by atoms with Gasteiger partial charge in [0.05, 0.1) is 11.6 Å². The Balaban J connectivity index is 1.80. The van der Waals surface area contributed by atoms with Crippen molar-refractivity contribution in [3.8, 4) is 0 Å². The highest BCUT2D eigenvalue weighted by Gasteiger charge is 2.23. The number of hydrogen-bond donors (Lipinski definition) is 1. The Labute approximate surface area is 148 Å². The summed E-state index contributed by atoms with van der Waals surface area (Å²) in [7, 11) is 0. The number of nitrogens with one attached hydrogen (secondary N) is 1. The monoisotopic (exact) mass is 331 g/mol. The average molecular weight is 331 g/mol. The smallest absolute Gasteiger partial charge is 0.338 e. The molecule has 0 aliphatic rings. The normalized spacial score (nSPS) is 12.8. The van der Waals surface area contributed by atoms with Crippen molar-refractivity contribution in [2.75, 3.05) is 5.32 Å². The minimum absolute atomic E-state index is 0.142. The lowest BCUT2D eigenvalue weighted by Crippen LogP contribution is -2.28. The standard InChI is InChI=1S/C22H21NO2/c1-17(25-22(24)19-13-7-3-8-14-19)21(18-11-5-2-6-12-18)23-20-15-9-4-10-16-20/h2-17,21,23H,1H3. The second-order valence-corrected chi connectivity index (χ2v) is 5.88. The van der Waals surface area contributed by atoms with Crippen LogP contribution in [0, 0.1) is 0 Å². The van der Waals surface area contributed by atoms with Gasteiger partial charge in [0, 0.05) is 5.69 Å². The summed E-state index contributed by atoms with van der Waals surface area (Å²) in [6.45, 7) is 1.91. The molecule has 1 N–H and O–H groups in total. The molecule has 0 heterocycles. The molecule has 126 valence electrons. The van der Waals surface area contributed by atoms with Gasteiger partial charge in [-0.3, -0.25) is 0 Å². The summed E-state index contributed by atoms with van der Waals surface area (Å²) >= 11 is 0. The molecule has 0 amide bonds. The number of ether oxygens (including phenoxy) is 1. The average Bonchev–Trinajstić information content (AvgIpc) is 2.68. The molecule has 0 fully saturated rings. The Hall–Kier alpha value is -3.07. The van der Waals surface area contributed by atoms with Gasteiger partial charge in [-0.1, -0.05) is 66.7 Å². The van der Waals surface area contributed by atoms with Crippen LogP contribution in [0.2, 0.25) is 0 Å². The topological polar surface area (TPSA) is 38.3 Å². The second kappa shape index (κ2) is 8.15. The van der Waals surface area contributed by atoms with E-state index in [0.29, 0.717) is 5.56 Å². The van der Waals surface area contributed by atoms with Gasteiger partial charge in [0.2, 0.25) is 0 Å². The first-order valence-electron chi connectivity index (χ1n) is 8.36. The Morgan fingerprint density at radius 2 is 1.32 bits per heavy atom. The quantitative estimate of drug-likeness (QED) is 0.640. The first-order chi connectivity index (χ1) is 12.2. The highest BCUT2D eigenvalue weighted by Crippen LogP contribution is 2.25. The third-order valence-electron chi connectivity index (χ3n) is 4.03. The molecule has 0 aliphatic heterocycles. The van der Waals surface area contributed by atoms with Gasteiger partial charge in [0.1, 0.15) is 6.10 Å². The molecule has 0 saturated heterocycles. The molecule has 2 unspecified atom stereocenters. The van der Waals surface area contributed by atoms with Crippen molar-refractivity contribution in [3.05, 3.63) is 102 Å². The molecule has 0 aliphatic carbocycles. The van der Waals surface area contributed by atoms with Crippen LogP contribution in [0.5, 0.6) is 0 Å². The maximum atomic E-state index is 12.4. The van der Waals surface area contributed by atoms with Gasteiger partial charge in [-0.05, 0) is 36.8 Å². The molecule has 0 radical (unpaired) electrons. The summed E-state index contributed by atoms with van der Waals surface area (Å²) in [5.41, 5.74) is 2.61. The number of hydrogen-bond acceptors (Lipinski definition) is 3. The van der Waals surface area contributed by atoms with E-state index in [1.54, 1.807) is 12.1 Å². The van der Waals surface area contributed by atoms with E-state index in [1.807, 2.05) is 85.8 Å². The van der Waals surface area contributed by atoms with E-state index in [4.69, 9.17) is 4.74 Å². The number of carbonyl (C=O) groups is 1. The lowest BCUT2D eigenvalue weighted by atomic mass is 10.0. The van der Waals surface area contributed by atoms with Crippen molar-refractivity contribution < 1.29 is 9.53 Å². The lowest BCUT2D eigenvalue weighted by Gasteiger charge is -2.26. The predicted molar refractivity (Wildman–Crippen MR) is 101 cm³/mol. The van der Waals surface area contributed by atoms with Crippen LogP contribution in [0.25, 0.3) is 0 Å². The van der Waals surface area contributed by atoms with Crippen LogP contribution in [-0.2, 0) is 4.74 Å². The van der Waals surface area contributed by atoms with Gasteiger partial charge in [-0.15, -0.1) is 0 Å². The van der Waals surface area contributed by atoms with Gasteiger partial charge < -0.3 is 10.1 Å². The molecule has 0 bridgehead atoms. The van der Waals surface area contributed by atoms with Crippen molar-refractivity contribution >= 4 is 11.7 Å². The van der Waals surface area contributed by atoms with Crippen molar-refractivity contribution in [1.82, 2.24) is 0 Å². The molecule has 3 aromatic carbocycles. The van der Waals surface area contributed by atoms with Crippen molar-refractivity contribution in [3.63, 3.8) is 0 Å². The fraction of sp³-hybridized carbons (Fsp3) is 0.136. The highest BCUT2D eigenvalue weighted by atomic mass is 16.5. The fourth-order valence-corrected chi connectivity index (χ4v) is 2.73. The Morgan fingerprint density at radius 1 is 0.800 bits per heavy atom. The maximum Gasteiger partial charge on any atom is 0.338 e. The molecule has 3 aromatic rings. The Morgan fingerprint density at radius 3 is 1.92 bits per heavy atom. The number of para-hydroxylation sites is 1. The highest BCUT2D eigenvalue weighted by molar-refractivity contribution is 5.89. The zero-order valence-electron chi connectivity index (χ0n) is 14.1. The van der Waals surface area contributed by atoms with Crippen LogP contribution in [0.15, 0.2) is 91.0 Å². The molecule has 0 spiro atoms. The van der Waals surface area contributed by atoms with Gasteiger partial charge >= 0.3 is 5.97 Å². The zero-order valence-corrected chi connectivity index (χ0v) is 14.1. The van der Waals surface area contributed by atoms with Gasteiger partial charge in [0.15, 0.2) is 0 Å². The fourth-order valence-electron chi connectivity index (χ4n) is 2.73. The maximum absolute atomic E-state index is 12.4. The summed E-state index contributed by atoms with van der Waals surface area (Å²) in [5, 5.41) is 3.47. The molecule has 3 nitrogen and oxygen atoms in total. The molecule has 2 atom stereocenters.